The van der Waals surface area contributed by atoms with Gasteiger partial charge in [0.15, 0.2) is 0 Å². The maximum absolute atomic E-state index is 11.7. The molecule has 0 bridgehead atoms. The average molecular weight is 329 g/mol. The van der Waals surface area contributed by atoms with E-state index in [4.69, 9.17) is 0 Å². The van der Waals surface area contributed by atoms with E-state index < -0.39 is 6.10 Å². The van der Waals surface area contributed by atoms with Crippen LogP contribution < -0.4 is 10.2 Å². The summed E-state index contributed by atoms with van der Waals surface area (Å²) in [6.07, 6.45) is 0.436. The standard InChI is InChI=1S/C14H21BrN2O2/c1-4-7-16-14(19)9-17(3)13-6-5-11(10(2)18)8-12(13)15/h5-6,8,10,18H,4,7,9H2,1-3H3,(H,16,19)/t10-/m1/s1. The zero-order valence-electron chi connectivity index (χ0n) is 11.6. The number of carbonyl (C=O) groups excluding carboxylic acids is 1. The molecule has 0 aliphatic heterocycles. The molecule has 0 aromatic heterocycles. The lowest BCUT2D eigenvalue weighted by Crippen LogP contribution is -2.35. The molecule has 0 aliphatic carbocycles. The minimum atomic E-state index is -0.497. The van der Waals surface area contributed by atoms with Gasteiger partial charge in [0.25, 0.3) is 0 Å². The SMILES string of the molecule is CCCNC(=O)CN(C)c1ccc([C@@H](C)O)cc1Br. The van der Waals surface area contributed by atoms with E-state index in [0.717, 1.165) is 22.1 Å². The molecule has 1 rings (SSSR count). The van der Waals surface area contributed by atoms with Gasteiger partial charge >= 0.3 is 0 Å². The van der Waals surface area contributed by atoms with Gasteiger partial charge in [0.05, 0.1) is 18.3 Å². The lowest BCUT2D eigenvalue weighted by atomic mass is 10.1. The molecule has 0 fully saturated rings. The molecule has 1 aromatic carbocycles. The highest BCUT2D eigenvalue weighted by atomic mass is 79.9. The number of nitrogens with one attached hydrogen (secondary N) is 1. The number of amides is 1. The topological polar surface area (TPSA) is 52.6 Å². The van der Waals surface area contributed by atoms with E-state index in [9.17, 15) is 9.90 Å². The summed E-state index contributed by atoms with van der Waals surface area (Å²) in [5.41, 5.74) is 1.77. The fourth-order valence-corrected chi connectivity index (χ4v) is 2.41. The summed E-state index contributed by atoms with van der Waals surface area (Å²) in [4.78, 5) is 13.5. The van der Waals surface area contributed by atoms with Gasteiger partial charge in [0, 0.05) is 18.1 Å². The Kier molecular flexibility index (Phi) is 6.31. The van der Waals surface area contributed by atoms with Crippen molar-refractivity contribution in [1.29, 1.82) is 0 Å². The minimum Gasteiger partial charge on any atom is -0.389 e. The summed E-state index contributed by atoms with van der Waals surface area (Å²) < 4.78 is 0.872. The molecule has 0 heterocycles. The second-order valence-electron chi connectivity index (χ2n) is 4.59. The number of rotatable bonds is 6. The zero-order chi connectivity index (χ0) is 14.4. The minimum absolute atomic E-state index is 0.0100. The second kappa shape index (κ2) is 7.50. The van der Waals surface area contributed by atoms with E-state index in [1.54, 1.807) is 6.92 Å². The summed E-state index contributed by atoms with van der Waals surface area (Å²) in [5.74, 6) is 0.0100. The van der Waals surface area contributed by atoms with Crippen molar-refractivity contribution in [2.75, 3.05) is 25.0 Å². The number of benzene rings is 1. The quantitative estimate of drug-likeness (QED) is 0.843. The van der Waals surface area contributed by atoms with Crippen molar-refractivity contribution in [2.45, 2.75) is 26.4 Å². The van der Waals surface area contributed by atoms with Crippen molar-refractivity contribution in [1.82, 2.24) is 5.32 Å². The Labute approximate surface area is 122 Å². The maximum atomic E-state index is 11.7. The Hall–Kier alpha value is -1.07. The Morgan fingerprint density at radius 1 is 1.53 bits per heavy atom. The molecular weight excluding hydrogens is 308 g/mol. The molecule has 19 heavy (non-hydrogen) atoms. The van der Waals surface area contributed by atoms with Crippen LogP contribution in [0.15, 0.2) is 22.7 Å². The van der Waals surface area contributed by atoms with Crippen LogP contribution in [-0.2, 0) is 4.79 Å². The lowest BCUT2D eigenvalue weighted by molar-refractivity contribution is -0.119. The van der Waals surface area contributed by atoms with Gasteiger partial charge in [-0.2, -0.15) is 0 Å². The van der Waals surface area contributed by atoms with Gasteiger partial charge in [-0.1, -0.05) is 13.0 Å². The highest BCUT2D eigenvalue weighted by Crippen LogP contribution is 2.28. The number of aliphatic hydroxyl groups excluding tert-OH is 1. The number of nitrogens with zero attached hydrogens (tertiary/aromatic N) is 1. The third-order valence-electron chi connectivity index (χ3n) is 2.82. The summed E-state index contributed by atoms with van der Waals surface area (Å²) in [6, 6.07) is 5.64. The smallest absolute Gasteiger partial charge is 0.239 e. The second-order valence-corrected chi connectivity index (χ2v) is 5.45. The molecule has 0 radical (unpaired) electrons. The van der Waals surface area contributed by atoms with Gasteiger partial charge < -0.3 is 15.3 Å². The van der Waals surface area contributed by atoms with Crippen LogP contribution >= 0.6 is 15.9 Å². The Morgan fingerprint density at radius 2 is 2.21 bits per heavy atom. The fourth-order valence-electron chi connectivity index (χ4n) is 1.71. The van der Waals surface area contributed by atoms with Gasteiger partial charge in [0.2, 0.25) is 5.91 Å². The van der Waals surface area contributed by atoms with Gasteiger partial charge in [-0.3, -0.25) is 4.79 Å². The normalized spacial score (nSPS) is 12.1. The van der Waals surface area contributed by atoms with E-state index in [2.05, 4.69) is 21.2 Å². The molecule has 0 spiro atoms. The number of halogens is 1. The molecule has 106 valence electrons. The molecule has 0 saturated carbocycles. The first-order valence-electron chi connectivity index (χ1n) is 6.41. The van der Waals surface area contributed by atoms with Crippen LogP contribution in [-0.4, -0.2) is 31.2 Å². The van der Waals surface area contributed by atoms with Gasteiger partial charge in [-0.25, -0.2) is 0 Å². The molecule has 0 aliphatic rings. The van der Waals surface area contributed by atoms with Crippen LogP contribution in [0, 0.1) is 0 Å². The van der Waals surface area contributed by atoms with Crippen molar-refractivity contribution >= 4 is 27.5 Å². The van der Waals surface area contributed by atoms with Gasteiger partial charge in [-0.05, 0) is 47.0 Å². The molecular formula is C14H21BrN2O2. The van der Waals surface area contributed by atoms with Crippen LogP contribution in [0.2, 0.25) is 0 Å². The van der Waals surface area contributed by atoms with Crippen molar-refractivity contribution in [3.8, 4) is 0 Å². The van der Waals surface area contributed by atoms with E-state index in [1.807, 2.05) is 37.1 Å². The molecule has 0 saturated heterocycles. The zero-order valence-corrected chi connectivity index (χ0v) is 13.2. The lowest BCUT2D eigenvalue weighted by Gasteiger charge is -2.21. The maximum Gasteiger partial charge on any atom is 0.239 e. The highest BCUT2D eigenvalue weighted by molar-refractivity contribution is 9.10. The van der Waals surface area contributed by atoms with Crippen molar-refractivity contribution in [2.24, 2.45) is 0 Å². The number of likely N-dealkylation sites (N-methyl/N-ethyl adjacent to an activating group) is 1. The monoisotopic (exact) mass is 328 g/mol. The van der Waals surface area contributed by atoms with E-state index in [1.165, 1.54) is 0 Å². The molecule has 1 amide bonds. The molecule has 5 heteroatoms. The fraction of sp³-hybridized carbons (Fsp3) is 0.500. The highest BCUT2D eigenvalue weighted by Gasteiger charge is 2.11. The predicted molar refractivity (Wildman–Crippen MR) is 81.3 cm³/mol. The number of aliphatic hydroxyl groups is 1. The first-order chi connectivity index (χ1) is 8.95. The van der Waals surface area contributed by atoms with Gasteiger partial charge in [-0.15, -0.1) is 0 Å². The molecule has 4 nitrogen and oxygen atoms in total. The number of anilines is 1. The van der Waals surface area contributed by atoms with Gasteiger partial charge in [0.1, 0.15) is 0 Å². The average Bonchev–Trinajstić information content (AvgIpc) is 2.35. The molecule has 0 unspecified atom stereocenters. The Bertz CT molecular complexity index is 435. The number of carbonyl (C=O) groups is 1. The van der Waals surface area contributed by atoms with Crippen LogP contribution in [0.5, 0.6) is 0 Å². The number of hydrogen-bond donors (Lipinski definition) is 2. The van der Waals surface area contributed by atoms with E-state index >= 15 is 0 Å². The first kappa shape index (κ1) is 16.0. The summed E-state index contributed by atoms with van der Waals surface area (Å²) in [6.45, 7) is 4.76. The van der Waals surface area contributed by atoms with E-state index in [-0.39, 0.29) is 5.91 Å². The van der Waals surface area contributed by atoms with E-state index in [0.29, 0.717) is 13.1 Å². The molecule has 1 atom stereocenters. The Morgan fingerprint density at radius 3 is 2.74 bits per heavy atom. The third-order valence-corrected chi connectivity index (χ3v) is 3.45. The third kappa shape index (κ3) is 4.84. The van der Waals surface area contributed by atoms with Crippen molar-refractivity contribution in [3.63, 3.8) is 0 Å². The predicted octanol–water partition coefficient (Wildman–Crippen LogP) is 2.46. The van der Waals surface area contributed by atoms with Crippen LogP contribution in [0.4, 0.5) is 5.69 Å². The number of hydrogen-bond acceptors (Lipinski definition) is 3. The largest absolute Gasteiger partial charge is 0.389 e. The summed E-state index contributed by atoms with van der Waals surface area (Å²) in [5, 5.41) is 12.4. The molecule has 1 aromatic rings. The first-order valence-corrected chi connectivity index (χ1v) is 7.20. The molecule has 2 N–H and O–H groups in total. The van der Waals surface area contributed by atoms with Crippen LogP contribution in [0.1, 0.15) is 31.9 Å². The van der Waals surface area contributed by atoms with Crippen LogP contribution in [0.3, 0.4) is 0 Å². The Balaban J connectivity index is 2.71. The van der Waals surface area contributed by atoms with Crippen molar-refractivity contribution in [3.05, 3.63) is 28.2 Å². The summed E-state index contributed by atoms with van der Waals surface area (Å²) >= 11 is 3.47. The summed E-state index contributed by atoms with van der Waals surface area (Å²) in [7, 11) is 1.87. The van der Waals surface area contributed by atoms with Crippen molar-refractivity contribution < 1.29 is 9.90 Å². The van der Waals surface area contributed by atoms with Crippen LogP contribution in [0.25, 0.3) is 0 Å².